The number of hydrogen-bond acceptors (Lipinski definition) is 5. The maximum Gasteiger partial charge on any atom is 0.148 e. The standard InChI is InChI=1S/C9H9ClN4S/c10-8-3-11-5-13-9(8)12-2-1-7-4-15-6-14-7/h3-6H,1-2H2,(H,11,12,13). The lowest BCUT2D eigenvalue weighted by atomic mass is 10.3. The topological polar surface area (TPSA) is 50.7 Å². The van der Waals surface area contributed by atoms with Gasteiger partial charge in [0, 0.05) is 18.3 Å². The quantitative estimate of drug-likeness (QED) is 0.891. The maximum absolute atomic E-state index is 5.88. The highest BCUT2D eigenvalue weighted by Gasteiger charge is 2.00. The summed E-state index contributed by atoms with van der Waals surface area (Å²) in [6.45, 7) is 0.764. The van der Waals surface area contributed by atoms with Gasteiger partial charge in [-0.3, -0.25) is 0 Å². The van der Waals surface area contributed by atoms with Crippen LogP contribution in [0.2, 0.25) is 5.02 Å². The van der Waals surface area contributed by atoms with Crippen LogP contribution in [-0.2, 0) is 6.42 Å². The van der Waals surface area contributed by atoms with Crippen molar-refractivity contribution in [2.24, 2.45) is 0 Å². The second-order valence-electron chi connectivity index (χ2n) is 2.88. The van der Waals surface area contributed by atoms with Gasteiger partial charge in [0.05, 0.1) is 17.4 Å². The predicted octanol–water partition coefficient (Wildman–Crippen LogP) is 2.24. The molecule has 0 aliphatic heterocycles. The molecular weight excluding hydrogens is 232 g/mol. The van der Waals surface area contributed by atoms with Gasteiger partial charge in [-0.15, -0.1) is 11.3 Å². The molecule has 15 heavy (non-hydrogen) atoms. The fourth-order valence-electron chi connectivity index (χ4n) is 1.11. The zero-order valence-electron chi connectivity index (χ0n) is 7.85. The molecule has 0 aromatic carbocycles. The van der Waals surface area contributed by atoms with Gasteiger partial charge < -0.3 is 5.32 Å². The van der Waals surface area contributed by atoms with Crippen LogP contribution in [-0.4, -0.2) is 21.5 Å². The average Bonchev–Trinajstić information content (AvgIpc) is 2.74. The molecule has 6 heteroatoms. The van der Waals surface area contributed by atoms with Gasteiger partial charge in [-0.1, -0.05) is 11.6 Å². The van der Waals surface area contributed by atoms with Crippen molar-refractivity contribution in [3.8, 4) is 0 Å². The summed E-state index contributed by atoms with van der Waals surface area (Å²) in [7, 11) is 0. The first-order valence-corrected chi connectivity index (χ1v) is 5.75. The fraction of sp³-hybridized carbons (Fsp3) is 0.222. The van der Waals surface area contributed by atoms with Crippen molar-refractivity contribution in [1.29, 1.82) is 0 Å². The summed E-state index contributed by atoms with van der Waals surface area (Å²) in [6, 6.07) is 0. The van der Waals surface area contributed by atoms with Crippen molar-refractivity contribution in [1.82, 2.24) is 15.0 Å². The molecule has 2 rings (SSSR count). The molecule has 0 aliphatic rings. The van der Waals surface area contributed by atoms with E-state index in [2.05, 4.69) is 20.3 Å². The highest BCUT2D eigenvalue weighted by Crippen LogP contribution is 2.15. The van der Waals surface area contributed by atoms with E-state index in [4.69, 9.17) is 11.6 Å². The highest BCUT2D eigenvalue weighted by atomic mass is 35.5. The lowest BCUT2D eigenvalue weighted by Gasteiger charge is -2.04. The summed E-state index contributed by atoms with van der Waals surface area (Å²) in [6.07, 6.45) is 3.90. The second kappa shape index (κ2) is 5.04. The van der Waals surface area contributed by atoms with Crippen LogP contribution >= 0.6 is 22.9 Å². The van der Waals surface area contributed by atoms with Crippen LogP contribution in [0.4, 0.5) is 5.82 Å². The Balaban J connectivity index is 1.86. The maximum atomic E-state index is 5.88. The van der Waals surface area contributed by atoms with Gasteiger partial charge in [0.1, 0.15) is 17.2 Å². The SMILES string of the molecule is Clc1cncnc1NCCc1cscn1. The lowest BCUT2D eigenvalue weighted by molar-refractivity contribution is 0.964. The number of halogens is 1. The number of aromatic nitrogens is 3. The Bertz CT molecular complexity index is 418. The Morgan fingerprint density at radius 2 is 2.33 bits per heavy atom. The van der Waals surface area contributed by atoms with Gasteiger partial charge in [0.2, 0.25) is 0 Å². The molecule has 0 fully saturated rings. The number of nitrogens with one attached hydrogen (secondary N) is 1. The zero-order valence-corrected chi connectivity index (χ0v) is 9.42. The molecule has 0 atom stereocenters. The Hall–Kier alpha value is -1.20. The molecule has 0 bridgehead atoms. The molecule has 0 saturated carbocycles. The molecular formula is C9H9ClN4S. The molecule has 0 unspecified atom stereocenters. The number of anilines is 1. The van der Waals surface area contributed by atoms with Crippen molar-refractivity contribution in [3.63, 3.8) is 0 Å². The van der Waals surface area contributed by atoms with E-state index in [9.17, 15) is 0 Å². The van der Waals surface area contributed by atoms with E-state index in [-0.39, 0.29) is 0 Å². The molecule has 2 aromatic rings. The molecule has 0 aliphatic carbocycles. The summed E-state index contributed by atoms with van der Waals surface area (Å²) in [5.41, 5.74) is 2.91. The second-order valence-corrected chi connectivity index (χ2v) is 4.00. The van der Waals surface area contributed by atoms with Crippen LogP contribution in [0.3, 0.4) is 0 Å². The van der Waals surface area contributed by atoms with Gasteiger partial charge >= 0.3 is 0 Å². The van der Waals surface area contributed by atoms with Crippen molar-refractivity contribution in [3.05, 3.63) is 34.1 Å². The Labute approximate surface area is 96.4 Å². The molecule has 2 heterocycles. The summed E-state index contributed by atoms with van der Waals surface area (Å²) in [5, 5.41) is 5.70. The minimum Gasteiger partial charge on any atom is -0.368 e. The van der Waals surface area contributed by atoms with Gasteiger partial charge in [-0.25, -0.2) is 15.0 Å². The minimum absolute atomic E-state index is 0.538. The van der Waals surface area contributed by atoms with E-state index >= 15 is 0 Å². The molecule has 0 spiro atoms. The summed E-state index contributed by atoms with van der Waals surface area (Å²) in [4.78, 5) is 12.0. The average molecular weight is 241 g/mol. The van der Waals surface area contributed by atoms with Gasteiger partial charge in [0.15, 0.2) is 0 Å². The first kappa shape index (κ1) is 10.3. The van der Waals surface area contributed by atoms with Crippen LogP contribution in [0.1, 0.15) is 5.69 Å². The van der Waals surface area contributed by atoms with Crippen molar-refractivity contribution in [2.45, 2.75) is 6.42 Å². The highest BCUT2D eigenvalue weighted by molar-refractivity contribution is 7.07. The number of hydrogen-bond donors (Lipinski definition) is 1. The number of rotatable bonds is 4. The van der Waals surface area contributed by atoms with E-state index in [1.54, 1.807) is 17.5 Å². The van der Waals surface area contributed by atoms with Gasteiger partial charge in [-0.2, -0.15) is 0 Å². The van der Waals surface area contributed by atoms with Crippen molar-refractivity contribution >= 4 is 28.8 Å². The molecule has 0 saturated heterocycles. The third kappa shape index (κ3) is 2.87. The van der Waals surface area contributed by atoms with Crippen LogP contribution in [0.5, 0.6) is 0 Å². The van der Waals surface area contributed by atoms with E-state index in [1.807, 2.05) is 10.9 Å². The largest absolute Gasteiger partial charge is 0.368 e. The normalized spacial score (nSPS) is 10.2. The molecule has 0 amide bonds. The number of nitrogens with zero attached hydrogens (tertiary/aromatic N) is 3. The van der Waals surface area contributed by atoms with Crippen LogP contribution < -0.4 is 5.32 Å². The lowest BCUT2D eigenvalue weighted by Crippen LogP contribution is -2.06. The van der Waals surface area contributed by atoms with E-state index in [0.717, 1.165) is 18.7 Å². The van der Waals surface area contributed by atoms with E-state index in [0.29, 0.717) is 10.8 Å². The van der Waals surface area contributed by atoms with E-state index in [1.165, 1.54) is 6.33 Å². The zero-order chi connectivity index (χ0) is 10.5. The number of thiazole rings is 1. The molecule has 4 nitrogen and oxygen atoms in total. The van der Waals surface area contributed by atoms with Crippen LogP contribution in [0.15, 0.2) is 23.4 Å². The third-order valence-electron chi connectivity index (χ3n) is 1.82. The molecule has 1 N–H and O–H groups in total. The summed E-state index contributed by atoms with van der Waals surface area (Å²) >= 11 is 7.48. The van der Waals surface area contributed by atoms with Crippen molar-refractivity contribution < 1.29 is 0 Å². The first-order valence-electron chi connectivity index (χ1n) is 4.42. The minimum atomic E-state index is 0.538. The Kier molecular flexibility index (Phi) is 3.47. The third-order valence-corrected chi connectivity index (χ3v) is 2.74. The van der Waals surface area contributed by atoms with Crippen LogP contribution in [0, 0.1) is 0 Å². The Morgan fingerprint density at radius 1 is 1.40 bits per heavy atom. The predicted molar refractivity (Wildman–Crippen MR) is 61.3 cm³/mol. The summed E-state index contributed by atoms with van der Waals surface area (Å²) < 4.78 is 0. The smallest absolute Gasteiger partial charge is 0.148 e. The molecule has 2 aromatic heterocycles. The monoisotopic (exact) mass is 240 g/mol. The fourth-order valence-corrected chi connectivity index (χ4v) is 1.88. The van der Waals surface area contributed by atoms with Crippen LogP contribution in [0.25, 0.3) is 0 Å². The van der Waals surface area contributed by atoms with Gasteiger partial charge in [0.25, 0.3) is 0 Å². The van der Waals surface area contributed by atoms with Crippen molar-refractivity contribution in [2.75, 3.05) is 11.9 Å². The Morgan fingerprint density at radius 3 is 3.07 bits per heavy atom. The van der Waals surface area contributed by atoms with Gasteiger partial charge in [-0.05, 0) is 0 Å². The molecule has 0 radical (unpaired) electrons. The molecule has 78 valence electrons. The first-order chi connectivity index (χ1) is 7.36. The van der Waals surface area contributed by atoms with E-state index < -0.39 is 0 Å². The summed E-state index contributed by atoms with van der Waals surface area (Å²) in [5.74, 6) is 0.668.